The van der Waals surface area contributed by atoms with Gasteiger partial charge >= 0.3 is 0 Å². The number of ether oxygens (including phenoxy) is 1. The van der Waals surface area contributed by atoms with Crippen LogP contribution in [0.5, 0.6) is 5.75 Å². The molecule has 0 amide bonds. The largest absolute Gasteiger partial charge is 0.497 e. The molecule has 0 bridgehead atoms. The van der Waals surface area contributed by atoms with Gasteiger partial charge in [-0.3, -0.25) is 4.79 Å². The van der Waals surface area contributed by atoms with Crippen LogP contribution in [0, 0.1) is 0 Å². The third kappa shape index (κ3) is 2.65. The Morgan fingerprint density at radius 3 is 2.86 bits per heavy atom. The van der Waals surface area contributed by atoms with Crippen LogP contribution in [0.15, 0.2) is 48.7 Å². The molecule has 1 N–H and O–H groups in total. The van der Waals surface area contributed by atoms with E-state index in [-0.39, 0.29) is 5.78 Å². The van der Waals surface area contributed by atoms with Crippen LogP contribution in [-0.2, 0) is 6.42 Å². The van der Waals surface area contributed by atoms with Gasteiger partial charge in [0.2, 0.25) is 0 Å². The number of rotatable bonds is 4. The van der Waals surface area contributed by atoms with Crippen LogP contribution in [0.1, 0.15) is 15.9 Å². The van der Waals surface area contributed by atoms with E-state index >= 15 is 0 Å². The molecule has 1 aromatic heterocycles. The molecule has 1 heterocycles. The summed E-state index contributed by atoms with van der Waals surface area (Å²) >= 11 is 6.12. The summed E-state index contributed by atoms with van der Waals surface area (Å²) in [7, 11) is 1.61. The average Bonchev–Trinajstić information content (AvgIpc) is 2.93. The first-order valence-electron chi connectivity index (χ1n) is 6.61. The highest BCUT2D eigenvalue weighted by atomic mass is 35.5. The Balaban J connectivity index is 1.92. The van der Waals surface area contributed by atoms with Gasteiger partial charge in [-0.05, 0) is 23.8 Å². The Labute approximate surface area is 127 Å². The smallest absolute Gasteiger partial charge is 0.169 e. The number of carbonyl (C=O) groups excluding carboxylic acids is 1. The normalized spacial score (nSPS) is 10.8. The number of fused-ring (bicyclic) bond motifs is 1. The maximum absolute atomic E-state index is 12.5. The lowest BCUT2D eigenvalue weighted by Crippen LogP contribution is -2.02. The van der Waals surface area contributed by atoms with Gasteiger partial charge < -0.3 is 9.72 Å². The Bertz CT molecular complexity index is 807. The number of methoxy groups -OCH3 is 1. The molecule has 0 saturated carbocycles. The fraction of sp³-hybridized carbons (Fsp3) is 0.118. The average molecular weight is 300 g/mol. The van der Waals surface area contributed by atoms with Gasteiger partial charge in [-0.15, -0.1) is 0 Å². The second-order valence-electron chi connectivity index (χ2n) is 4.82. The number of hydrogen-bond donors (Lipinski definition) is 1. The molecule has 0 saturated heterocycles. The molecule has 3 aromatic rings. The van der Waals surface area contributed by atoms with E-state index in [1.807, 2.05) is 36.4 Å². The van der Waals surface area contributed by atoms with Gasteiger partial charge in [-0.25, -0.2) is 0 Å². The Hall–Kier alpha value is -2.26. The monoisotopic (exact) mass is 299 g/mol. The molecule has 0 aliphatic carbocycles. The van der Waals surface area contributed by atoms with Gasteiger partial charge in [-0.1, -0.05) is 35.9 Å². The molecule has 2 aromatic carbocycles. The predicted octanol–water partition coefficient (Wildman–Crippen LogP) is 4.26. The lowest BCUT2D eigenvalue weighted by atomic mass is 10.0. The van der Waals surface area contributed by atoms with Gasteiger partial charge in [0.25, 0.3) is 0 Å². The van der Waals surface area contributed by atoms with Crippen molar-refractivity contribution in [2.45, 2.75) is 6.42 Å². The minimum absolute atomic E-state index is 0.0526. The van der Waals surface area contributed by atoms with E-state index in [4.69, 9.17) is 16.3 Å². The number of ketones is 1. The molecule has 4 heteroatoms. The molecule has 3 nitrogen and oxygen atoms in total. The first-order valence-corrected chi connectivity index (χ1v) is 6.98. The van der Waals surface area contributed by atoms with Crippen LogP contribution < -0.4 is 4.74 Å². The molecule has 0 aliphatic rings. The van der Waals surface area contributed by atoms with Crippen molar-refractivity contribution in [3.8, 4) is 5.75 Å². The highest BCUT2D eigenvalue weighted by Gasteiger charge is 2.14. The number of hydrogen-bond acceptors (Lipinski definition) is 2. The lowest BCUT2D eigenvalue weighted by Gasteiger charge is -2.04. The summed E-state index contributed by atoms with van der Waals surface area (Å²) in [5.74, 6) is 0.805. The summed E-state index contributed by atoms with van der Waals surface area (Å²) in [5, 5.41) is 1.48. The fourth-order valence-electron chi connectivity index (χ4n) is 2.41. The van der Waals surface area contributed by atoms with E-state index in [0.717, 1.165) is 22.2 Å². The van der Waals surface area contributed by atoms with Crippen LogP contribution in [0.4, 0.5) is 0 Å². The van der Waals surface area contributed by atoms with Gasteiger partial charge in [0.05, 0.1) is 17.6 Å². The molecule has 0 aliphatic heterocycles. The van der Waals surface area contributed by atoms with Gasteiger partial charge in [-0.2, -0.15) is 0 Å². The topological polar surface area (TPSA) is 42.1 Å². The molecule has 0 spiro atoms. The summed E-state index contributed by atoms with van der Waals surface area (Å²) in [6.45, 7) is 0. The van der Waals surface area contributed by atoms with E-state index in [1.54, 1.807) is 19.4 Å². The van der Waals surface area contributed by atoms with E-state index in [0.29, 0.717) is 17.0 Å². The number of benzene rings is 2. The van der Waals surface area contributed by atoms with Crippen LogP contribution in [0.25, 0.3) is 10.9 Å². The summed E-state index contributed by atoms with van der Waals surface area (Å²) in [4.78, 5) is 15.6. The SMILES string of the molecule is COc1cccc(CC(=O)c2c[nH]c3c(Cl)cccc23)c1. The number of carbonyl (C=O) groups is 1. The first kappa shape index (κ1) is 13.7. The quantitative estimate of drug-likeness (QED) is 0.732. The number of para-hydroxylation sites is 1. The van der Waals surface area contributed by atoms with E-state index in [1.165, 1.54) is 0 Å². The third-order valence-corrected chi connectivity index (χ3v) is 3.78. The molecule has 0 fully saturated rings. The van der Waals surface area contributed by atoms with Crippen molar-refractivity contribution in [2.75, 3.05) is 7.11 Å². The van der Waals surface area contributed by atoms with Gasteiger partial charge in [0.15, 0.2) is 5.78 Å². The maximum Gasteiger partial charge on any atom is 0.169 e. The second-order valence-corrected chi connectivity index (χ2v) is 5.22. The fourth-order valence-corrected chi connectivity index (χ4v) is 2.64. The Kier molecular flexibility index (Phi) is 3.67. The molecule has 3 rings (SSSR count). The summed E-state index contributed by atoms with van der Waals surface area (Å²) in [6, 6.07) is 13.1. The van der Waals surface area contributed by atoms with Crippen molar-refractivity contribution in [3.63, 3.8) is 0 Å². The Morgan fingerprint density at radius 2 is 2.05 bits per heavy atom. The minimum Gasteiger partial charge on any atom is -0.497 e. The van der Waals surface area contributed by atoms with Gasteiger partial charge in [0.1, 0.15) is 5.75 Å². The number of aromatic nitrogens is 1. The molecular weight excluding hydrogens is 286 g/mol. The first-order chi connectivity index (χ1) is 10.2. The highest BCUT2D eigenvalue weighted by Crippen LogP contribution is 2.26. The zero-order valence-corrected chi connectivity index (χ0v) is 12.3. The Morgan fingerprint density at radius 1 is 1.24 bits per heavy atom. The molecule has 0 radical (unpaired) electrons. The molecule has 106 valence electrons. The van der Waals surface area contributed by atoms with Crippen LogP contribution >= 0.6 is 11.6 Å². The maximum atomic E-state index is 12.5. The number of H-pyrrole nitrogens is 1. The van der Waals surface area contributed by atoms with Crippen molar-refractivity contribution in [3.05, 3.63) is 64.8 Å². The summed E-state index contributed by atoms with van der Waals surface area (Å²) < 4.78 is 5.18. The van der Waals surface area contributed by atoms with Crippen molar-refractivity contribution < 1.29 is 9.53 Å². The standard InChI is InChI=1S/C17H14ClNO2/c1-21-12-5-2-4-11(8-12)9-16(20)14-10-19-17-13(14)6-3-7-15(17)18/h2-8,10,19H,9H2,1H3. The molecule has 0 unspecified atom stereocenters. The lowest BCUT2D eigenvalue weighted by molar-refractivity contribution is 0.0994. The van der Waals surface area contributed by atoms with Crippen molar-refractivity contribution >= 4 is 28.3 Å². The number of nitrogens with one attached hydrogen (secondary N) is 1. The second kappa shape index (κ2) is 5.62. The van der Waals surface area contributed by atoms with E-state index in [9.17, 15) is 4.79 Å². The van der Waals surface area contributed by atoms with Gasteiger partial charge in [0, 0.05) is 23.6 Å². The predicted molar refractivity (Wildman–Crippen MR) is 84.3 cm³/mol. The molecule has 0 atom stereocenters. The van der Waals surface area contributed by atoms with Crippen LogP contribution in [0.3, 0.4) is 0 Å². The number of aromatic amines is 1. The molecule has 21 heavy (non-hydrogen) atoms. The minimum atomic E-state index is 0.0526. The van der Waals surface area contributed by atoms with Crippen molar-refractivity contribution in [1.82, 2.24) is 4.98 Å². The summed E-state index contributed by atoms with van der Waals surface area (Å²) in [5.41, 5.74) is 2.39. The summed E-state index contributed by atoms with van der Waals surface area (Å²) in [6.07, 6.45) is 2.05. The van der Waals surface area contributed by atoms with E-state index in [2.05, 4.69) is 4.98 Å². The zero-order valence-electron chi connectivity index (χ0n) is 11.5. The van der Waals surface area contributed by atoms with Crippen LogP contribution in [0.2, 0.25) is 5.02 Å². The number of Topliss-reactive ketones (excluding diaryl/α,β-unsaturated/α-hetero) is 1. The van der Waals surface area contributed by atoms with Crippen molar-refractivity contribution in [1.29, 1.82) is 0 Å². The van der Waals surface area contributed by atoms with Crippen LogP contribution in [-0.4, -0.2) is 17.9 Å². The highest BCUT2D eigenvalue weighted by molar-refractivity contribution is 6.35. The molecular formula is C17H14ClNO2. The number of halogens is 1. The van der Waals surface area contributed by atoms with Crippen molar-refractivity contribution in [2.24, 2.45) is 0 Å². The zero-order chi connectivity index (χ0) is 14.8. The van der Waals surface area contributed by atoms with E-state index < -0.39 is 0 Å². The third-order valence-electron chi connectivity index (χ3n) is 3.46.